The Kier molecular flexibility index (Phi) is 12.7. The number of hydrogen-bond acceptors (Lipinski definition) is 6. The number of unbranched alkanes of at least 4 members (excludes halogenated alkanes) is 1. The third kappa shape index (κ3) is 8.75. The number of guanidine groups is 1. The van der Waals surface area contributed by atoms with Crippen LogP contribution < -0.4 is 10.6 Å². The summed E-state index contributed by atoms with van der Waals surface area (Å²) in [5.74, 6) is 0.497. The predicted octanol–water partition coefficient (Wildman–Crippen LogP) is 3.74. The van der Waals surface area contributed by atoms with E-state index in [-0.39, 0.29) is 36.0 Å². The Hall–Kier alpha value is -0.940. The average Bonchev–Trinajstić information content (AvgIpc) is 3.31. The molecule has 1 atom stereocenters. The highest BCUT2D eigenvalue weighted by atomic mass is 127. The largest absolute Gasteiger partial charge is 0.462 e. The van der Waals surface area contributed by atoms with Gasteiger partial charge in [-0.1, -0.05) is 0 Å². The number of likely N-dealkylation sites (tertiary alicyclic amines) is 1. The minimum atomic E-state index is -0.297. The smallest absolute Gasteiger partial charge is 0.350 e. The predicted molar refractivity (Wildman–Crippen MR) is 131 cm³/mol. The van der Waals surface area contributed by atoms with Crippen molar-refractivity contribution in [2.24, 2.45) is 4.99 Å². The van der Waals surface area contributed by atoms with Gasteiger partial charge in [-0.25, -0.2) is 9.78 Å². The van der Waals surface area contributed by atoms with Crippen molar-refractivity contribution in [1.29, 1.82) is 0 Å². The summed E-state index contributed by atoms with van der Waals surface area (Å²) < 4.78 is 5.11. The fraction of sp³-hybridized carbons (Fsp3) is 0.750. The summed E-state index contributed by atoms with van der Waals surface area (Å²) in [5.41, 5.74) is 0.718. The number of aromatic nitrogens is 1. The molecule has 29 heavy (non-hydrogen) atoms. The molecule has 1 aromatic heterocycles. The lowest BCUT2D eigenvalue weighted by Gasteiger charge is -2.16. The highest BCUT2D eigenvalue weighted by Crippen LogP contribution is 2.24. The molecule has 9 heteroatoms. The molecule has 166 valence electrons. The summed E-state index contributed by atoms with van der Waals surface area (Å²) in [5, 5.41) is 7.56. The standard InChI is InChI=1S/C20H35N5O2S.HI/c1-5-21-20(22-11-7-8-12-25-13-9-10-14-25)24-16(4)18-23-15(3)17(28-18)19(26)27-6-2;/h16H,5-14H2,1-4H3,(H2,21,22,24);1H. The van der Waals surface area contributed by atoms with Gasteiger partial charge in [0.2, 0.25) is 0 Å². The average molecular weight is 538 g/mol. The molecule has 0 amide bonds. The van der Waals surface area contributed by atoms with Crippen molar-refractivity contribution in [2.45, 2.75) is 59.4 Å². The van der Waals surface area contributed by atoms with Crippen molar-refractivity contribution in [1.82, 2.24) is 20.5 Å². The van der Waals surface area contributed by atoms with Crippen LogP contribution in [0.1, 0.15) is 72.9 Å². The highest BCUT2D eigenvalue weighted by molar-refractivity contribution is 14.0. The van der Waals surface area contributed by atoms with Crippen LogP contribution in [-0.2, 0) is 4.74 Å². The third-order valence-corrected chi connectivity index (χ3v) is 6.01. The first-order valence-electron chi connectivity index (χ1n) is 10.5. The Morgan fingerprint density at radius 2 is 2.03 bits per heavy atom. The van der Waals surface area contributed by atoms with E-state index in [9.17, 15) is 4.79 Å². The summed E-state index contributed by atoms with van der Waals surface area (Å²) in [6, 6.07) is -0.0331. The number of aliphatic imine (C=N–C) groups is 1. The molecule has 2 heterocycles. The van der Waals surface area contributed by atoms with Crippen molar-refractivity contribution in [3.8, 4) is 0 Å². The van der Waals surface area contributed by atoms with Crippen molar-refractivity contribution < 1.29 is 9.53 Å². The van der Waals surface area contributed by atoms with Gasteiger partial charge in [-0.05, 0) is 73.0 Å². The van der Waals surface area contributed by atoms with Crippen LogP contribution in [0.5, 0.6) is 0 Å². The molecule has 7 nitrogen and oxygen atoms in total. The molecule has 1 unspecified atom stereocenters. The minimum Gasteiger partial charge on any atom is -0.462 e. The number of nitrogens with zero attached hydrogens (tertiary/aromatic N) is 3. The number of carbonyl (C=O) groups excluding carboxylic acids is 1. The van der Waals surface area contributed by atoms with Crippen molar-refractivity contribution in [3.05, 3.63) is 15.6 Å². The zero-order valence-electron chi connectivity index (χ0n) is 18.1. The zero-order valence-corrected chi connectivity index (χ0v) is 21.3. The molecule has 1 saturated heterocycles. The lowest BCUT2D eigenvalue weighted by Crippen LogP contribution is -2.38. The van der Waals surface area contributed by atoms with Crippen molar-refractivity contribution >= 4 is 47.2 Å². The number of ether oxygens (including phenoxy) is 1. The summed E-state index contributed by atoms with van der Waals surface area (Å²) in [6.45, 7) is 13.4. The van der Waals surface area contributed by atoms with Gasteiger partial charge < -0.3 is 20.3 Å². The van der Waals surface area contributed by atoms with Gasteiger partial charge in [0.25, 0.3) is 0 Å². The Balaban J connectivity index is 0.00000420. The first-order chi connectivity index (χ1) is 13.5. The Morgan fingerprint density at radius 1 is 1.31 bits per heavy atom. The quantitative estimate of drug-likeness (QED) is 0.156. The molecule has 1 aromatic rings. The van der Waals surface area contributed by atoms with Gasteiger partial charge in [-0.2, -0.15) is 0 Å². The molecule has 1 aliphatic heterocycles. The third-order valence-electron chi connectivity index (χ3n) is 4.69. The molecule has 0 bridgehead atoms. The van der Waals surface area contributed by atoms with E-state index in [2.05, 4.69) is 27.4 Å². The number of nitrogens with one attached hydrogen (secondary N) is 2. The van der Waals surface area contributed by atoms with Crippen molar-refractivity contribution in [3.63, 3.8) is 0 Å². The van der Waals surface area contributed by atoms with E-state index >= 15 is 0 Å². The number of aryl methyl sites for hydroxylation is 1. The fourth-order valence-corrected chi connectivity index (χ4v) is 4.18. The number of hydrogen-bond donors (Lipinski definition) is 2. The van der Waals surface area contributed by atoms with E-state index in [0.29, 0.717) is 11.5 Å². The van der Waals surface area contributed by atoms with E-state index in [1.54, 1.807) is 0 Å². The second-order valence-corrected chi connectivity index (χ2v) is 8.10. The second kappa shape index (κ2) is 14.1. The van der Waals surface area contributed by atoms with Crippen LogP contribution in [0.4, 0.5) is 0 Å². The van der Waals surface area contributed by atoms with Gasteiger partial charge >= 0.3 is 5.97 Å². The van der Waals surface area contributed by atoms with E-state index in [0.717, 1.165) is 36.2 Å². The van der Waals surface area contributed by atoms with Gasteiger partial charge in [-0.15, -0.1) is 35.3 Å². The van der Waals surface area contributed by atoms with Gasteiger partial charge in [0.1, 0.15) is 9.88 Å². The van der Waals surface area contributed by atoms with E-state index in [1.165, 1.54) is 50.2 Å². The van der Waals surface area contributed by atoms with Crippen LogP contribution in [0.2, 0.25) is 0 Å². The van der Waals surface area contributed by atoms with Gasteiger partial charge in [0, 0.05) is 13.1 Å². The normalized spacial score (nSPS) is 15.7. The van der Waals surface area contributed by atoms with E-state index in [1.807, 2.05) is 20.8 Å². The summed E-state index contributed by atoms with van der Waals surface area (Å²) in [6.07, 6.45) is 4.97. The number of halogens is 1. The lowest BCUT2D eigenvalue weighted by atomic mass is 10.3. The maximum Gasteiger partial charge on any atom is 0.350 e. The Bertz CT molecular complexity index is 647. The lowest BCUT2D eigenvalue weighted by molar-refractivity contribution is 0.0531. The van der Waals surface area contributed by atoms with E-state index in [4.69, 9.17) is 9.73 Å². The SMILES string of the molecule is CCNC(=NCCCCN1CCCC1)NC(C)c1nc(C)c(C(=O)OCC)s1.I. The maximum atomic E-state index is 12.0. The second-order valence-electron chi connectivity index (χ2n) is 7.07. The van der Waals surface area contributed by atoms with E-state index < -0.39 is 0 Å². The molecule has 0 radical (unpaired) electrons. The van der Waals surface area contributed by atoms with Crippen LogP contribution in [0.15, 0.2) is 4.99 Å². The Morgan fingerprint density at radius 3 is 2.69 bits per heavy atom. The van der Waals surface area contributed by atoms with Crippen LogP contribution >= 0.6 is 35.3 Å². The first kappa shape index (κ1) is 26.1. The number of carbonyl (C=O) groups is 1. The number of rotatable bonds is 10. The molecule has 0 aliphatic carbocycles. The van der Waals surface area contributed by atoms with Crippen molar-refractivity contribution in [2.75, 3.05) is 39.3 Å². The molecule has 0 aromatic carbocycles. The first-order valence-corrected chi connectivity index (χ1v) is 11.3. The molecule has 0 spiro atoms. The molecule has 2 rings (SSSR count). The number of esters is 1. The maximum absolute atomic E-state index is 12.0. The molecule has 0 saturated carbocycles. The number of thiazole rings is 1. The summed E-state index contributed by atoms with van der Waals surface area (Å²) >= 11 is 1.39. The van der Waals surface area contributed by atoms with Gasteiger partial charge in [-0.3, -0.25) is 4.99 Å². The topological polar surface area (TPSA) is 78.9 Å². The van der Waals surface area contributed by atoms with Crippen LogP contribution in [0.3, 0.4) is 0 Å². The minimum absolute atomic E-state index is 0. The fourth-order valence-electron chi connectivity index (χ4n) is 3.22. The highest BCUT2D eigenvalue weighted by Gasteiger charge is 2.20. The summed E-state index contributed by atoms with van der Waals surface area (Å²) in [4.78, 5) is 24.4. The van der Waals surface area contributed by atoms with Gasteiger partial charge in [0.05, 0.1) is 18.3 Å². The van der Waals surface area contributed by atoms with Crippen LogP contribution in [0, 0.1) is 6.92 Å². The molecule has 1 fully saturated rings. The summed E-state index contributed by atoms with van der Waals surface area (Å²) in [7, 11) is 0. The molecular weight excluding hydrogens is 501 g/mol. The molecule has 2 N–H and O–H groups in total. The molecule has 1 aliphatic rings. The molecular formula is C20H36IN5O2S. The van der Waals surface area contributed by atoms with Crippen LogP contribution in [0.25, 0.3) is 0 Å². The Labute approximate surface area is 196 Å². The van der Waals surface area contributed by atoms with Crippen LogP contribution in [-0.4, -0.2) is 61.1 Å². The van der Waals surface area contributed by atoms with Gasteiger partial charge in [0.15, 0.2) is 5.96 Å². The zero-order chi connectivity index (χ0) is 20.4. The monoisotopic (exact) mass is 537 g/mol.